The van der Waals surface area contributed by atoms with Crippen LogP contribution in [0.25, 0.3) is 5.76 Å². The normalized spacial score (nSPS) is 17.6. The summed E-state index contributed by atoms with van der Waals surface area (Å²) in [5, 5.41) is 11.7. The van der Waals surface area contributed by atoms with E-state index in [1.165, 1.54) is 4.90 Å². The molecule has 0 bridgehead atoms. The first-order chi connectivity index (χ1) is 15.8. The second kappa shape index (κ2) is 9.08. The number of amides is 1. The van der Waals surface area contributed by atoms with Crippen molar-refractivity contribution < 1.29 is 19.4 Å². The molecule has 0 spiro atoms. The second-order valence-corrected chi connectivity index (χ2v) is 8.51. The Balaban J connectivity index is 1.87. The van der Waals surface area contributed by atoms with Gasteiger partial charge in [0.15, 0.2) is 0 Å². The van der Waals surface area contributed by atoms with Gasteiger partial charge in [0.1, 0.15) is 11.5 Å². The number of ketones is 1. The van der Waals surface area contributed by atoms with Crippen LogP contribution in [-0.4, -0.2) is 27.9 Å². The van der Waals surface area contributed by atoms with E-state index in [2.05, 4.69) is 4.98 Å². The molecule has 3 aromatic rings. The Morgan fingerprint density at radius 1 is 1.12 bits per heavy atom. The topological polar surface area (TPSA) is 79.7 Å². The minimum Gasteiger partial charge on any atom is -0.507 e. The fourth-order valence-electron chi connectivity index (χ4n) is 3.94. The smallest absolute Gasteiger partial charge is 0.300 e. The molecule has 1 unspecified atom stereocenters. The minimum atomic E-state index is -0.842. The van der Waals surface area contributed by atoms with Crippen LogP contribution in [0.4, 0.5) is 5.69 Å². The quantitative estimate of drug-likeness (QED) is 0.309. The third-order valence-electron chi connectivity index (χ3n) is 5.36. The number of benzene rings is 2. The van der Waals surface area contributed by atoms with E-state index in [-0.39, 0.29) is 17.4 Å². The largest absolute Gasteiger partial charge is 0.507 e. The molecule has 1 saturated heterocycles. The zero-order chi connectivity index (χ0) is 23.7. The fraction of sp³-hybridized carbons (Fsp3) is 0.192. The number of carbonyl (C=O) groups is 2. The molecule has 1 aliphatic heterocycles. The first kappa shape index (κ1) is 22.6. The maximum absolute atomic E-state index is 13.2. The van der Waals surface area contributed by atoms with Gasteiger partial charge in [-0.1, -0.05) is 17.7 Å². The van der Waals surface area contributed by atoms with Gasteiger partial charge in [-0.2, -0.15) is 0 Å². The zero-order valence-electron chi connectivity index (χ0n) is 18.4. The van der Waals surface area contributed by atoms with Crippen molar-refractivity contribution in [1.82, 2.24) is 4.98 Å². The molecule has 1 amide bonds. The molecule has 168 valence electrons. The van der Waals surface area contributed by atoms with Crippen molar-refractivity contribution >= 4 is 34.7 Å². The molecule has 33 heavy (non-hydrogen) atoms. The van der Waals surface area contributed by atoms with Crippen LogP contribution in [0.15, 0.2) is 72.6 Å². The highest BCUT2D eigenvalue weighted by atomic mass is 35.5. The molecule has 1 aliphatic rings. The first-order valence-corrected chi connectivity index (χ1v) is 10.9. The molecule has 1 aromatic heterocycles. The number of anilines is 1. The number of Topliss-reactive ketones (excluding diaryl/α,β-unsaturated/α-hetero) is 1. The zero-order valence-corrected chi connectivity index (χ0v) is 19.2. The number of hydrogen-bond donors (Lipinski definition) is 1. The summed E-state index contributed by atoms with van der Waals surface area (Å²) < 4.78 is 5.65. The molecule has 4 rings (SSSR count). The first-order valence-electron chi connectivity index (χ1n) is 10.5. The number of aryl methyl sites for hydroxylation is 1. The molecule has 1 N–H and O–H groups in total. The van der Waals surface area contributed by atoms with Gasteiger partial charge in [0.25, 0.3) is 11.7 Å². The summed E-state index contributed by atoms with van der Waals surface area (Å²) in [6.45, 7) is 5.65. The van der Waals surface area contributed by atoms with E-state index in [4.69, 9.17) is 16.3 Å². The maximum Gasteiger partial charge on any atom is 0.300 e. The fourth-order valence-corrected chi connectivity index (χ4v) is 4.17. The van der Waals surface area contributed by atoms with E-state index in [1.54, 1.807) is 67.0 Å². The summed E-state index contributed by atoms with van der Waals surface area (Å²) in [7, 11) is 0. The van der Waals surface area contributed by atoms with E-state index in [1.807, 2.05) is 20.8 Å². The molecule has 1 fully saturated rings. The van der Waals surface area contributed by atoms with Crippen molar-refractivity contribution in [3.05, 3.63) is 94.3 Å². The molecule has 7 heteroatoms. The van der Waals surface area contributed by atoms with Crippen LogP contribution in [0.1, 0.15) is 36.6 Å². The molecule has 0 radical (unpaired) electrons. The van der Waals surface area contributed by atoms with Crippen molar-refractivity contribution in [2.45, 2.75) is 32.9 Å². The van der Waals surface area contributed by atoms with E-state index >= 15 is 0 Å². The van der Waals surface area contributed by atoms with Crippen LogP contribution < -0.4 is 9.64 Å². The van der Waals surface area contributed by atoms with Gasteiger partial charge in [-0.25, -0.2) is 0 Å². The Kier molecular flexibility index (Phi) is 6.20. The summed E-state index contributed by atoms with van der Waals surface area (Å²) >= 11 is 6.11. The van der Waals surface area contributed by atoms with Gasteiger partial charge < -0.3 is 9.84 Å². The number of rotatable bonds is 5. The van der Waals surface area contributed by atoms with Gasteiger partial charge in [0.2, 0.25) is 0 Å². The van der Waals surface area contributed by atoms with Crippen molar-refractivity contribution in [2.75, 3.05) is 4.90 Å². The Morgan fingerprint density at radius 2 is 1.85 bits per heavy atom. The molecule has 2 heterocycles. The van der Waals surface area contributed by atoms with E-state index in [0.29, 0.717) is 27.6 Å². The summed E-state index contributed by atoms with van der Waals surface area (Å²) in [6, 6.07) is 14.5. The Labute approximate surface area is 197 Å². The molecule has 0 aliphatic carbocycles. The number of nitrogens with zero attached hydrogens (tertiary/aromatic N) is 2. The predicted molar refractivity (Wildman–Crippen MR) is 127 cm³/mol. The summed E-state index contributed by atoms with van der Waals surface area (Å²) in [5.41, 5.74) is 2.28. The lowest BCUT2D eigenvalue weighted by molar-refractivity contribution is -0.132. The lowest BCUT2D eigenvalue weighted by atomic mass is 9.96. The number of ether oxygens (including phenoxy) is 1. The summed E-state index contributed by atoms with van der Waals surface area (Å²) in [4.78, 5) is 32.0. The highest BCUT2D eigenvalue weighted by molar-refractivity contribution is 6.51. The van der Waals surface area contributed by atoms with Gasteiger partial charge in [-0.3, -0.25) is 19.5 Å². The van der Waals surface area contributed by atoms with Crippen LogP contribution in [0.5, 0.6) is 5.75 Å². The Bertz CT molecular complexity index is 1240. The third-order valence-corrected chi connectivity index (χ3v) is 5.60. The van der Waals surface area contributed by atoms with Gasteiger partial charge in [-0.05, 0) is 80.4 Å². The monoisotopic (exact) mass is 462 g/mol. The van der Waals surface area contributed by atoms with Crippen molar-refractivity contribution in [1.29, 1.82) is 0 Å². The van der Waals surface area contributed by atoms with Crippen LogP contribution >= 0.6 is 11.6 Å². The minimum absolute atomic E-state index is 0.000113. The van der Waals surface area contributed by atoms with E-state index < -0.39 is 17.7 Å². The van der Waals surface area contributed by atoms with E-state index in [0.717, 1.165) is 5.56 Å². The SMILES string of the molecule is Cc1cc(Cl)ccc1N1C(=O)C(=O)/C(=C(/O)c2ccc(OC(C)C)cc2)C1c1cccnc1. The highest BCUT2D eigenvalue weighted by Crippen LogP contribution is 2.43. The lowest BCUT2D eigenvalue weighted by Crippen LogP contribution is -2.30. The van der Waals surface area contributed by atoms with Gasteiger partial charge in [0, 0.05) is 28.7 Å². The summed E-state index contributed by atoms with van der Waals surface area (Å²) in [5.74, 6) is -1.11. The van der Waals surface area contributed by atoms with Crippen LogP contribution in [0.3, 0.4) is 0 Å². The van der Waals surface area contributed by atoms with Crippen molar-refractivity contribution in [2.24, 2.45) is 0 Å². The Hall–Kier alpha value is -3.64. The van der Waals surface area contributed by atoms with Gasteiger partial charge >= 0.3 is 0 Å². The van der Waals surface area contributed by atoms with Crippen LogP contribution in [0.2, 0.25) is 5.02 Å². The third kappa shape index (κ3) is 4.34. The van der Waals surface area contributed by atoms with Gasteiger partial charge in [0.05, 0.1) is 17.7 Å². The molecule has 2 aromatic carbocycles. The molecule has 0 saturated carbocycles. The predicted octanol–water partition coefficient (Wildman–Crippen LogP) is 5.46. The van der Waals surface area contributed by atoms with Crippen LogP contribution in [0, 0.1) is 6.92 Å². The number of aliphatic hydroxyl groups is 1. The molecular formula is C26H23ClN2O4. The number of halogens is 1. The average molecular weight is 463 g/mol. The van der Waals surface area contributed by atoms with Crippen molar-refractivity contribution in [3.63, 3.8) is 0 Å². The number of aromatic nitrogens is 1. The number of carbonyl (C=O) groups excluding carboxylic acids is 2. The highest BCUT2D eigenvalue weighted by Gasteiger charge is 2.47. The number of aliphatic hydroxyl groups excluding tert-OH is 1. The molecular weight excluding hydrogens is 440 g/mol. The second-order valence-electron chi connectivity index (χ2n) is 8.08. The Morgan fingerprint density at radius 3 is 2.45 bits per heavy atom. The van der Waals surface area contributed by atoms with Crippen molar-refractivity contribution in [3.8, 4) is 5.75 Å². The van der Waals surface area contributed by atoms with E-state index in [9.17, 15) is 14.7 Å². The molecule has 1 atom stereocenters. The maximum atomic E-state index is 13.2. The standard InChI is InChI=1S/C26H23ClN2O4/c1-15(2)33-20-9-6-17(7-10-20)24(30)22-23(18-5-4-12-28-14-18)29(26(32)25(22)31)21-11-8-19(27)13-16(21)3/h4-15,23,30H,1-3H3/b24-22+. The lowest BCUT2D eigenvalue weighted by Gasteiger charge is -2.26. The number of hydrogen-bond acceptors (Lipinski definition) is 5. The average Bonchev–Trinajstić information content (AvgIpc) is 3.05. The van der Waals surface area contributed by atoms with Crippen LogP contribution in [-0.2, 0) is 9.59 Å². The molecule has 6 nitrogen and oxygen atoms in total. The van der Waals surface area contributed by atoms with Gasteiger partial charge in [-0.15, -0.1) is 0 Å². The summed E-state index contributed by atoms with van der Waals surface area (Å²) in [6.07, 6.45) is 3.20. The number of pyridine rings is 1.